The maximum Gasteiger partial charge on any atom is 0.255 e. The SMILES string of the molecule is COCCOCc1cnc(C)nc1C1CCCN(C(=O)c2cccnc2)C1. The van der Waals surface area contributed by atoms with Crippen molar-refractivity contribution in [3.63, 3.8) is 0 Å². The molecule has 0 N–H and O–H groups in total. The summed E-state index contributed by atoms with van der Waals surface area (Å²) in [5.74, 6) is 0.944. The lowest BCUT2D eigenvalue weighted by atomic mass is 9.91. The minimum atomic E-state index is 0.0245. The average Bonchev–Trinajstić information content (AvgIpc) is 2.72. The summed E-state index contributed by atoms with van der Waals surface area (Å²) in [5, 5.41) is 0. The van der Waals surface area contributed by atoms with Gasteiger partial charge in [0.2, 0.25) is 0 Å². The maximum absolute atomic E-state index is 12.8. The first-order valence-corrected chi connectivity index (χ1v) is 9.27. The molecule has 1 fully saturated rings. The molecule has 7 nitrogen and oxygen atoms in total. The van der Waals surface area contributed by atoms with Crippen LogP contribution in [0.5, 0.6) is 0 Å². The van der Waals surface area contributed by atoms with E-state index in [0.717, 1.165) is 36.5 Å². The van der Waals surface area contributed by atoms with Crippen LogP contribution < -0.4 is 0 Å². The normalized spacial score (nSPS) is 17.1. The summed E-state index contributed by atoms with van der Waals surface area (Å²) in [5.41, 5.74) is 2.60. The second-order valence-corrected chi connectivity index (χ2v) is 6.71. The Bertz CT molecular complexity index is 754. The monoisotopic (exact) mass is 370 g/mol. The summed E-state index contributed by atoms with van der Waals surface area (Å²) in [7, 11) is 1.65. The van der Waals surface area contributed by atoms with Gasteiger partial charge in [-0.1, -0.05) is 0 Å². The minimum Gasteiger partial charge on any atom is -0.382 e. The topological polar surface area (TPSA) is 77.4 Å². The molecule has 1 aliphatic heterocycles. The highest BCUT2D eigenvalue weighted by Crippen LogP contribution is 2.29. The lowest BCUT2D eigenvalue weighted by Gasteiger charge is -2.33. The van der Waals surface area contributed by atoms with E-state index in [1.165, 1.54) is 0 Å². The smallest absolute Gasteiger partial charge is 0.255 e. The minimum absolute atomic E-state index is 0.0245. The van der Waals surface area contributed by atoms with E-state index in [1.807, 2.05) is 24.1 Å². The van der Waals surface area contributed by atoms with Crippen LogP contribution in [0.2, 0.25) is 0 Å². The molecule has 3 heterocycles. The molecule has 0 aromatic carbocycles. The molecule has 0 aliphatic carbocycles. The van der Waals surface area contributed by atoms with E-state index < -0.39 is 0 Å². The van der Waals surface area contributed by atoms with Gasteiger partial charge in [-0.25, -0.2) is 9.97 Å². The van der Waals surface area contributed by atoms with Gasteiger partial charge in [-0.15, -0.1) is 0 Å². The zero-order chi connectivity index (χ0) is 19.1. The number of likely N-dealkylation sites (tertiary alicyclic amines) is 1. The summed E-state index contributed by atoms with van der Waals surface area (Å²) in [6, 6.07) is 3.60. The zero-order valence-corrected chi connectivity index (χ0v) is 15.9. The number of carbonyl (C=O) groups is 1. The van der Waals surface area contributed by atoms with Crippen LogP contribution in [0.15, 0.2) is 30.7 Å². The number of ether oxygens (including phenoxy) is 2. The van der Waals surface area contributed by atoms with Gasteiger partial charge in [0.25, 0.3) is 5.91 Å². The van der Waals surface area contributed by atoms with Gasteiger partial charge in [0.15, 0.2) is 0 Å². The van der Waals surface area contributed by atoms with Gasteiger partial charge >= 0.3 is 0 Å². The maximum atomic E-state index is 12.8. The lowest BCUT2D eigenvalue weighted by Crippen LogP contribution is -2.39. The van der Waals surface area contributed by atoms with Crippen LogP contribution in [-0.2, 0) is 16.1 Å². The van der Waals surface area contributed by atoms with Gasteiger partial charge < -0.3 is 14.4 Å². The first kappa shape index (κ1) is 19.4. The van der Waals surface area contributed by atoms with Gasteiger partial charge in [-0.2, -0.15) is 0 Å². The average molecular weight is 370 g/mol. The van der Waals surface area contributed by atoms with Crippen molar-refractivity contribution in [3.05, 3.63) is 53.4 Å². The zero-order valence-electron chi connectivity index (χ0n) is 15.9. The molecule has 144 valence electrons. The molecule has 3 rings (SSSR count). The molecule has 7 heteroatoms. The van der Waals surface area contributed by atoms with Crippen molar-refractivity contribution in [2.24, 2.45) is 0 Å². The number of piperidine rings is 1. The quantitative estimate of drug-likeness (QED) is 0.697. The lowest BCUT2D eigenvalue weighted by molar-refractivity contribution is 0.0602. The first-order valence-electron chi connectivity index (χ1n) is 9.27. The summed E-state index contributed by atoms with van der Waals surface area (Å²) in [6.07, 6.45) is 7.08. The third kappa shape index (κ3) is 5.08. The standard InChI is InChI=1S/C20H26N4O3/c1-15-22-12-18(14-27-10-9-26-2)19(23-15)17-6-4-8-24(13-17)20(25)16-5-3-7-21-11-16/h3,5,7,11-12,17H,4,6,8-10,13-14H2,1-2H3. The number of hydrogen-bond acceptors (Lipinski definition) is 6. The fourth-order valence-electron chi connectivity index (χ4n) is 3.36. The molecule has 1 aliphatic rings. The molecule has 0 spiro atoms. The Balaban J connectivity index is 1.73. The number of hydrogen-bond donors (Lipinski definition) is 0. The number of amides is 1. The van der Waals surface area contributed by atoms with Gasteiger partial charge in [0.1, 0.15) is 5.82 Å². The highest BCUT2D eigenvalue weighted by Gasteiger charge is 2.28. The van der Waals surface area contributed by atoms with Gasteiger partial charge in [0.05, 0.1) is 31.1 Å². The molecule has 0 bridgehead atoms. The predicted octanol–water partition coefficient (Wildman–Crippen LogP) is 2.36. The van der Waals surface area contributed by atoms with Crippen LogP contribution in [0.3, 0.4) is 0 Å². The molecule has 1 saturated heterocycles. The number of aromatic nitrogens is 3. The van der Waals surface area contributed by atoms with E-state index in [-0.39, 0.29) is 11.8 Å². The van der Waals surface area contributed by atoms with Crippen LogP contribution in [0.4, 0.5) is 0 Å². The highest BCUT2D eigenvalue weighted by molar-refractivity contribution is 5.94. The second kappa shape index (κ2) is 9.53. The molecule has 1 amide bonds. The Labute approximate surface area is 159 Å². The van der Waals surface area contributed by atoms with E-state index in [4.69, 9.17) is 9.47 Å². The second-order valence-electron chi connectivity index (χ2n) is 6.71. The number of aryl methyl sites for hydroxylation is 1. The summed E-state index contributed by atoms with van der Waals surface area (Å²) >= 11 is 0. The fourth-order valence-corrected chi connectivity index (χ4v) is 3.36. The fraction of sp³-hybridized carbons (Fsp3) is 0.500. The summed E-state index contributed by atoms with van der Waals surface area (Å²) < 4.78 is 10.7. The molecule has 1 unspecified atom stereocenters. The Hall–Kier alpha value is -2.38. The van der Waals surface area contributed by atoms with Crippen LogP contribution >= 0.6 is 0 Å². The van der Waals surface area contributed by atoms with Crippen molar-refractivity contribution in [3.8, 4) is 0 Å². The van der Waals surface area contributed by atoms with Crippen LogP contribution in [0.1, 0.15) is 46.2 Å². The van der Waals surface area contributed by atoms with E-state index >= 15 is 0 Å². The molecule has 0 saturated carbocycles. The van der Waals surface area contributed by atoms with Gasteiger partial charge in [-0.05, 0) is 31.9 Å². The van der Waals surface area contributed by atoms with Crippen molar-refractivity contribution >= 4 is 5.91 Å². The molecule has 1 atom stereocenters. The van der Waals surface area contributed by atoms with Crippen molar-refractivity contribution < 1.29 is 14.3 Å². The van der Waals surface area contributed by atoms with Crippen LogP contribution in [0, 0.1) is 6.92 Å². The summed E-state index contributed by atoms with van der Waals surface area (Å²) in [6.45, 7) is 4.83. The van der Waals surface area contributed by atoms with Crippen molar-refractivity contribution in [1.82, 2.24) is 19.9 Å². The van der Waals surface area contributed by atoms with E-state index in [0.29, 0.717) is 31.9 Å². The van der Waals surface area contributed by atoms with Crippen molar-refractivity contribution in [1.29, 1.82) is 0 Å². The number of nitrogens with zero attached hydrogens (tertiary/aromatic N) is 4. The largest absolute Gasteiger partial charge is 0.382 e. The summed E-state index contributed by atoms with van der Waals surface area (Å²) in [4.78, 5) is 27.8. The Morgan fingerprint density at radius 1 is 1.33 bits per heavy atom. The molecular weight excluding hydrogens is 344 g/mol. The molecule has 27 heavy (non-hydrogen) atoms. The molecular formula is C20H26N4O3. The Morgan fingerprint density at radius 3 is 3.00 bits per heavy atom. The van der Waals surface area contributed by atoms with Crippen LogP contribution in [-0.4, -0.2) is 59.2 Å². The van der Waals surface area contributed by atoms with Crippen LogP contribution in [0.25, 0.3) is 0 Å². The van der Waals surface area contributed by atoms with Gasteiger partial charge in [-0.3, -0.25) is 9.78 Å². The first-order chi connectivity index (χ1) is 13.2. The third-order valence-electron chi connectivity index (χ3n) is 4.71. The van der Waals surface area contributed by atoms with E-state index in [9.17, 15) is 4.79 Å². The highest BCUT2D eigenvalue weighted by atomic mass is 16.5. The Kier molecular flexibility index (Phi) is 6.84. The third-order valence-corrected chi connectivity index (χ3v) is 4.71. The van der Waals surface area contributed by atoms with Crippen molar-refractivity contribution in [2.45, 2.75) is 32.3 Å². The van der Waals surface area contributed by atoms with Crippen molar-refractivity contribution in [2.75, 3.05) is 33.4 Å². The molecule has 0 radical (unpaired) electrons. The number of rotatable bonds is 7. The molecule has 2 aromatic rings. The van der Waals surface area contributed by atoms with E-state index in [1.54, 1.807) is 25.6 Å². The predicted molar refractivity (Wildman–Crippen MR) is 100 cm³/mol. The number of pyridine rings is 1. The Morgan fingerprint density at radius 2 is 2.22 bits per heavy atom. The van der Waals surface area contributed by atoms with E-state index in [2.05, 4.69) is 15.0 Å². The van der Waals surface area contributed by atoms with Gasteiger partial charge in [0, 0.05) is 50.3 Å². The molecule has 2 aromatic heterocycles. The number of carbonyl (C=O) groups excluding carboxylic acids is 1. The number of methoxy groups -OCH3 is 1.